The van der Waals surface area contributed by atoms with Crippen LogP contribution in [0.5, 0.6) is 0 Å². The molecule has 1 amide bonds. The van der Waals surface area contributed by atoms with E-state index in [1.165, 1.54) is 12.1 Å². The Labute approximate surface area is 117 Å². The SMILES string of the molecule is CCN1CCC(NC(=O)c2ccc(Cl)cc2F)CC1. The third-order valence-corrected chi connectivity index (χ3v) is 3.78. The fourth-order valence-corrected chi connectivity index (χ4v) is 2.49. The van der Waals surface area contributed by atoms with Gasteiger partial charge in [0.25, 0.3) is 5.91 Å². The Bertz CT molecular complexity index is 459. The van der Waals surface area contributed by atoms with Crippen LogP contribution in [0.2, 0.25) is 5.02 Å². The molecule has 0 aliphatic carbocycles. The van der Waals surface area contributed by atoms with Crippen LogP contribution < -0.4 is 5.32 Å². The molecule has 0 atom stereocenters. The second-order valence-electron chi connectivity index (χ2n) is 4.81. The molecule has 5 heteroatoms. The quantitative estimate of drug-likeness (QED) is 0.926. The summed E-state index contributed by atoms with van der Waals surface area (Å²) in [6, 6.07) is 4.24. The Hall–Kier alpha value is -1.13. The number of nitrogens with zero attached hydrogens (tertiary/aromatic N) is 1. The summed E-state index contributed by atoms with van der Waals surface area (Å²) in [5, 5.41) is 3.19. The van der Waals surface area contributed by atoms with Gasteiger partial charge in [-0.05, 0) is 37.6 Å². The summed E-state index contributed by atoms with van der Waals surface area (Å²) < 4.78 is 13.6. The summed E-state index contributed by atoms with van der Waals surface area (Å²) >= 11 is 5.67. The van der Waals surface area contributed by atoms with E-state index < -0.39 is 5.82 Å². The largest absolute Gasteiger partial charge is 0.349 e. The third kappa shape index (κ3) is 3.67. The van der Waals surface area contributed by atoms with Gasteiger partial charge in [0.2, 0.25) is 0 Å². The number of hydrogen-bond donors (Lipinski definition) is 1. The van der Waals surface area contributed by atoms with Crippen LogP contribution in [-0.2, 0) is 0 Å². The highest BCUT2D eigenvalue weighted by Crippen LogP contribution is 2.16. The second kappa shape index (κ2) is 6.35. The first kappa shape index (κ1) is 14.3. The first-order chi connectivity index (χ1) is 9.10. The monoisotopic (exact) mass is 284 g/mol. The van der Waals surface area contributed by atoms with Gasteiger partial charge >= 0.3 is 0 Å². The van der Waals surface area contributed by atoms with Gasteiger partial charge < -0.3 is 10.2 Å². The molecular formula is C14H18ClFN2O. The average molecular weight is 285 g/mol. The van der Waals surface area contributed by atoms with E-state index in [-0.39, 0.29) is 17.5 Å². The standard InChI is InChI=1S/C14H18ClFN2O/c1-2-18-7-5-11(6-8-18)17-14(19)12-4-3-10(15)9-13(12)16/h3-4,9,11H,2,5-8H2,1H3,(H,17,19). The minimum absolute atomic E-state index is 0.0577. The van der Waals surface area contributed by atoms with Crippen molar-refractivity contribution < 1.29 is 9.18 Å². The van der Waals surface area contributed by atoms with Crippen LogP contribution in [0.3, 0.4) is 0 Å². The zero-order valence-electron chi connectivity index (χ0n) is 11.0. The number of piperidine rings is 1. The first-order valence-corrected chi connectivity index (χ1v) is 6.96. The molecule has 104 valence electrons. The van der Waals surface area contributed by atoms with E-state index in [1.807, 2.05) is 0 Å². The number of likely N-dealkylation sites (tertiary alicyclic amines) is 1. The van der Waals surface area contributed by atoms with Crippen LogP contribution in [0.4, 0.5) is 4.39 Å². The van der Waals surface area contributed by atoms with E-state index in [0.29, 0.717) is 5.02 Å². The molecule has 0 radical (unpaired) electrons. The maximum absolute atomic E-state index is 13.6. The predicted molar refractivity (Wildman–Crippen MR) is 74.0 cm³/mol. The van der Waals surface area contributed by atoms with Crippen molar-refractivity contribution >= 4 is 17.5 Å². The van der Waals surface area contributed by atoms with E-state index in [0.717, 1.165) is 38.5 Å². The van der Waals surface area contributed by atoms with Crippen LogP contribution >= 0.6 is 11.6 Å². The van der Waals surface area contributed by atoms with Crippen molar-refractivity contribution in [3.8, 4) is 0 Å². The lowest BCUT2D eigenvalue weighted by Gasteiger charge is -2.31. The van der Waals surface area contributed by atoms with Crippen LogP contribution in [0, 0.1) is 5.82 Å². The van der Waals surface area contributed by atoms with Crippen LogP contribution in [0.1, 0.15) is 30.1 Å². The second-order valence-corrected chi connectivity index (χ2v) is 5.24. The van der Waals surface area contributed by atoms with Crippen molar-refractivity contribution in [1.82, 2.24) is 10.2 Å². The minimum atomic E-state index is -0.573. The Kier molecular flexibility index (Phi) is 4.77. The van der Waals surface area contributed by atoms with E-state index in [2.05, 4.69) is 17.1 Å². The van der Waals surface area contributed by atoms with Crippen LogP contribution in [-0.4, -0.2) is 36.5 Å². The topological polar surface area (TPSA) is 32.3 Å². The molecule has 1 aromatic rings. The molecule has 1 aliphatic heterocycles. The number of carbonyl (C=O) groups excluding carboxylic acids is 1. The molecule has 1 aliphatic rings. The van der Waals surface area contributed by atoms with Crippen molar-refractivity contribution in [2.24, 2.45) is 0 Å². The number of benzene rings is 1. The maximum atomic E-state index is 13.6. The van der Waals surface area contributed by atoms with E-state index in [4.69, 9.17) is 11.6 Å². The molecule has 1 aromatic carbocycles. The van der Waals surface area contributed by atoms with Crippen molar-refractivity contribution in [3.05, 3.63) is 34.6 Å². The molecule has 0 saturated carbocycles. The summed E-state index contributed by atoms with van der Waals surface area (Å²) in [5.41, 5.74) is 0.0577. The zero-order chi connectivity index (χ0) is 13.8. The molecule has 1 fully saturated rings. The van der Waals surface area contributed by atoms with Gasteiger partial charge in [0.05, 0.1) is 5.56 Å². The fraction of sp³-hybridized carbons (Fsp3) is 0.500. The molecule has 0 bridgehead atoms. The normalized spacial score (nSPS) is 17.4. The number of carbonyl (C=O) groups is 1. The molecule has 0 aromatic heterocycles. The molecule has 19 heavy (non-hydrogen) atoms. The molecule has 1 saturated heterocycles. The van der Waals surface area contributed by atoms with Gasteiger partial charge in [0.1, 0.15) is 5.82 Å². The first-order valence-electron chi connectivity index (χ1n) is 6.58. The molecule has 1 N–H and O–H groups in total. The van der Waals surface area contributed by atoms with Gasteiger partial charge in [0, 0.05) is 24.2 Å². The Morgan fingerprint density at radius 2 is 2.16 bits per heavy atom. The lowest BCUT2D eigenvalue weighted by molar-refractivity contribution is 0.0908. The number of rotatable bonds is 3. The van der Waals surface area contributed by atoms with Crippen LogP contribution in [0.25, 0.3) is 0 Å². The maximum Gasteiger partial charge on any atom is 0.254 e. The molecule has 2 rings (SSSR count). The molecule has 3 nitrogen and oxygen atoms in total. The zero-order valence-corrected chi connectivity index (χ0v) is 11.7. The van der Waals surface area contributed by atoms with E-state index in [9.17, 15) is 9.18 Å². The number of halogens is 2. The van der Waals surface area contributed by atoms with Crippen molar-refractivity contribution in [2.75, 3.05) is 19.6 Å². The van der Waals surface area contributed by atoms with Gasteiger partial charge in [-0.2, -0.15) is 0 Å². The van der Waals surface area contributed by atoms with Crippen molar-refractivity contribution in [1.29, 1.82) is 0 Å². The highest BCUT2D eigenvalue weighted by molar-refractivity contribution is 6.30. The van der Waals surface area contributed by atoms with Gasteiger partial charge in [0.15, 0.2) is 0 Å². The lowest BCUT2D eigenvalue weighted by atomic mass is 10.0. The van der Waals surface area contributed by atoms with Gasteiger partial charge in [-0.1, -0.05) is 18.5 Å². The Morgan fingerprint density at radius 3 is 2.74 bits per heavy atom. The molecule has 1 heterocycles. The molecule has 0 unspecified atom stereocenters. The highest BCUT2D eigenvalue weighted by atomic mass is 35.5. The average Bonchev–Trinajstić information content (AvgIpc) is 2.39. The predicted octanol–water partition coefficient (Wildman–Crippen LogP) is 2.69. The lowest BCUT2D eigenvalue weighted by Crippen LogP contribution is -2.44. The number of nitrogens with one attached hydrogen (secondary N) is 1. The smallest absolute Gasteiger partial charge is 0.254 e. The summed E-state index contributed by atoms with van der Waals surface area (Å²) in [6.45, 7) is 5.11. The Balaban J connectivity index is 1.94. The van der Waals surface area contributed by atoms with Crippen molar-refractivity contribution in [3.63, 3.8) is 0 Å². The summed E-state index contributed by atoms with van der Waals surface area (Å²) in [5.74, 6) is -0.930. The minimum Gasteiger partial charge on any atom is -0.349 e. The molecular weight excluding hydrogens is 267 g/mol. The van der Waals surface area contributed by atoms with Crippen molar-refractivity contribution in [2.45, 2.75) is 25.8 Å². The summed E-state index contributed by atoms with van der Waals surface area (Å²) in [4.78, 5) is 14.3. The number of amides is 1. The Morgan fingerprint density at radius 1 is 1.47 bits per heavy atom. The van der Waals surface area contributed by atoms with Gasteiger partial charge in [-0.25, -0.2) is 4.39 Å². The van der Waals surface area contributed by atoms with Gasteiger partial charge in [-0.3, -0.25) is 4.79 Å². The number of hydrogen-bond acceptors (Lipinski definition) is 2. The van der Waals surface area contributed by atoms with E-state index >= 15 is 0 Å². The summed E-state index contributed by atoms with van der Waals surface area (Å²) in [6.07, 6.45) is 1.82. The molecule has 0 spiro atoms. The summed E-state index contributed by atoms with van der Waals surface area (Å²) in [7, 11) is 0. The third-order valence-electron chi connectivity index (χ3n) is 3.55. The van der Waals surface area contributed by atoms with Gasteiger partial charge in [-0.15, -0.1) is 0 Å². The van der Waals surface area contributed by atoms with Crippen LogP contribution in [0.15, 0.2) is 18.2 Å². The van der Waals surface area contributed by atoms with E-state index in [1.54, 1.807) is 0 Å². The fourth-order valence-electron chi connectivity index (χ4n) is 2.33. The highest BCUT2D eigenvalue weighted by Gasteiger charge is 2.21.